The van der Waals surface area contributed by atoms with Gasteiger partial charge in [-0.05, 0) is 62.3 Å². The van der Waals surface area contributed by atoms with Crippen molar-refractivity contribution in [2.24, 2.45) is 5.73 Å². The molecule has 3 N–H and O–H groups in total. The lowest BCUT2D eigenvalue weighted by molar-refractivity contribution is 0.0985. The van der Waals surface area contributed by atoms with E-state index in [-0.39, 0.29) is 6.10 Å². The van der Waals surface area contributed by atoms with Crippen LogP contribution in [-0.2, 0) is 4.74 Å². The number of amides is 1. The molecule has 0 heterocycles. The van der Waals surface area contributed by atoms with E-state index >= 15 is 0 Å². The Labute approximate surface area is 125 Å². The lowest BCUT2D eigenvalue weighted by Crippen LogP contribution is -2.22. The minimum absolute atomic E-state index is 0.00247. The molecule has 110 valence electrons. The molecule has 4 nitrogen and oxygen atoms in total. The second-order valence-corrected chi connectivity index (χ2v) is 4.98. The predicted octanol–water partition coefficient (Wildman–Crippen LogP) is 3.39. The monoisotopic (exact) mass is 284 g/mol. The average molecular weight is 284 g/mol. The van der Waals surface area contributed by atoms with Crippen LogP contribution in [0.15, 0.2) is 36.4 Å². The van der Waals surface area contributed by atoms with Crippen LogP contribution in [0.5, 0.6) is 0 Å². The van der Waals surface area contributed by atoms with Crippen LogP contribution >= 0.6 is 0 Å². The highest BCUT2D eigenvalue weighted by Gasteiger charge is 2.14. The standard InChI is InChI=1S/C17H20N2O2/c18-13-12-14-8-10-15(11-9-14)19-17(20)21-16-6-4-2-1-3-5-7-16/h1-2,8-11,16H,3-7,18H2,(H,19,20)/b2-1+/t16-/m1/s1. The van der Waals surface area contributed by atoms with Gasteiger partial charge in [0.2, 0.25) is 0 Å². The maximum absolute atomic E-state index is 11.9. The number of allylic oxidation sites excluding steroid dienone is 2. The van der Waals surface area contributed by atoms with Gasteiger partial charge >= 0.3 is 6.09 Å². The fourth-order valence-electron chi connectivity index (χ4n) is 2.26. The quantitative estimate of drug-likeness (QED) is 0.497. The van der Waals surface area contributed by atoms with Crippen molar-refractivity contribution in [3.05, 3.63) is 42.0 Å². The van der Waals surface area contributed by atoms with E-state index in [0.717, 1.165) is 37.7 Å². The number of benzene rings is 1. The van der Waals surface area contributed by atoms with E-state index in [4.69, 9.17) is 10.5 Å². The third-order valence-corrected chi connectivity index (χ3v) is 3.34. The molecule has 4 heteroatoms. The van der Waals surface area contributed by atoms with Gasteiger partial charge in [0.15, 0.2) is 0 Å². The number of hydrogen-bond acceptors (Lipinski definition) is 3. The summed E-state index contributed by atoms with van der Waals surface area (Å²) in [5.74, 6) is 2.74. The highest BCUT2D eigenvalue weighted by Crippen LogP contribution is 2.16. The van der Waals surface area contributed by atoms with Crippen molar-refractivity contribution in [1.29, 1.82) is 0 Å². The zero-order valence-corrected chi connectivity index (χ0v) is 12.0. The summed E-state index contributed by atoms with van der Waals surface area (Å²) >= 11 is 0. The number of carbonyl (C=O) groups is 1. The number of nitrogens with two attached hydrogens (primary N) is 1. The first-order valence-corrected chi connectivity index (χ1v) is 7.22. The van der Waals surface area contributed by atoms with Crippen molar-refractivity contribution >= 4 is 11.8 Å². The summed E-state index contributed by atoms with van der Waals surface area (Å²) < 4.78 is 5.48. The highest BCUT2D eigenvalue weighted by atomic mass is 16.6. The van der Waals surface area contributed by atoms with E-state index in [0.29, 0.717) is 5.69 Å². The smallest absolute Gasteiger partial charge is 0.411 e. The van der Waals surface area contributed by atoms with Gasteiger partial charge in [0.1, 0.15) is 6.10 Å². The lowest BCUT2D eigenvalue weighted by atomic mass is 10.0. The SMILES string of the molecule is NC#Cc1ccc(NC(=O)O[C@@H]2CC/C=C/CCC2)cc1. The van der Waals surface area contributed by atoms with Crippen molar-refractivity contribution in [1.82, 2.24) is 0 Å². The maximum atomic E-state index is 11.9. The number of ether oxygens (including phenoxy) is 1. The van der Waals surface area contributed by atoms with Crippen LogP contribution in [0.2, 0.25) is 0 Å². The molecule has 1 aromatic rings. The fraction of sp³-hybridized carbons (Fsp3) is 0.353. The average Bonchev–Trinajstić information content (AvgIpc) is 2.44. The molecule has 0 radical (unpaired) electrons. The van der Waals surface area contributed by atoms with Gasteiger partial charge in [-0.3, -0.25) is 5.32 Å². The van der Waals surface area contributed by atoms with Gasteiger partial charge in [0.25, 0.3) is 0 Å². The molecule has 0 bridgehead atoms. The molecule has 1 atom stereocenters. The van der Waals surface area contributed by atoms with Crippen molar-refractivity contribution in [2.45, 2.75) is 38.2 Å². The molecule has 1 aromatic carbocycles. The van der Waals surface area contributed by atoms with Crippen molar-refractivity contribution in [3.63, 3.8) is 0 Å². The van der Waals surface area contributed by atoms with E-state index in [9.17, 15) is 4.79 Å². The van der Waals surface area contributed by atoms with E-state index in [1.165, 1.54) is 0 Å². The van der Waals surface area contributed by atoms with Crippen molar-refractivity contribution in [2.75, 3.05) is 5.32 Å². The summed E-state index contributed by atoms with van der Waals surface area (Å²) in [7, 11) is 0. The molecule has 0 aliphatic heterocycles. The van der Waals surface area contributed by atoms with E-state index in [1.54, 1.807) is 24.3 Å². The first kappa shape index (κ1) is 15.0. The number of nitrogens with one attached hydrogen (secondary N) is 1. The van der Waals surface area contributed by atoms with Crippen LogP contribution in [0.1, 0.15) is 37.7 Å². The Morgan fingerprint density at radius 1 is 1.19 bits per heavy atom. The number of rotatable bonds is 2. The minimum atomic E-state index is -0.401. The number of carbonyl (C=O) groups excluding carboxylic acids is 1. The summed E-state index contributed by atoms with van der Waals surface area (Å²) in [4.78, 5) is 11.9. The molecule has 0 spiro atoms. The second kappa shape index (κ2) is 8.01. The van der Waals surface area contributed by atoms with Gasteiger partial charge < -0.3 is 10.5 Å². The second-order valence-electron chi connectivity index (χ2n) is 4.98. The van der Waals surface area contributed by atoms with Crippen molar-refractivity contribution in [3.8, 4) is 12.0 Å². The highest BCUT2D eigenvalue weighted by molar-refractivity contribution is 5.84. The molecule has 1 aliphatic rings. The Kier molecular flexibility index (Phi) is 5.71. The topological polar surface area (TPSA) is 64.3 Å². The molecule has 2 rings (SSSR count). The zero-order chi connectivity index (χ0) is 14.9. The first-order chi connectivity index (χ1) is 10.3. The number of anilines is 1. The van der Waals surface area contributed by atoms with Gasteiger partial charge in [0.05, 0.1) is 0 Å². The van der Waals surface area contributed by atoms with E-state index < -0.39 is 6.09 Å². The molecular formula is C17H20N2O2. The zero-order valence-electron chi connectivity index (χ0n) is 12.0. The predicted molar refractivity (Wildman–Crippen MR) is 83.6 cm³/mol. The molecule has 0 saturated carbocycles. The van der Waals surface area contributed by atoms with Gasteiger partial charge in [-0.15, -0.1) is 0 Å². The molecule has 0 aromatic heterocycles. The molecule has 0 fully saturated rings. The summed E-state index contributed by atoms with van der Waals surface area (Å²) in [6, 6.07) is 9.50. The van der Waals surface area contributed by atoms with Crippen LogP contribution in [0.3, 0.4) is 0 Å². The van der Waals surface area contributed by atoms with Crippen LogP contribution in [0.4, 0.5) is 10.5 Å². The molecule has 0 saturated heterocycles. The van der Waals surface area contributed by atoms with Gasteiger partial charge in [-0.2, -0.15) is 0 Å². The third-order valence-electron chi connectivity index (χ3n) is 3.34. The number of hydrogen-bond donors (Lipinski definition) is 2. The summed E-state index contributed by atoms with van der Waals surface area (Å²) in [6.07, 6.45) is 8.83. The molecule has 1 amide bonds. The molecular weight excluding hydrogens is 264 g/mol. The van der Waals surface area contributed by atoms with Gasteiger partial charge in [-0.1, -0.05) is 12.2 Å². The Morgan fingerprint density at radius 2 is 1.95 bits per heavy atom. The van der Waals surface area contributed by atoms with E-state index in [2.05, 4.69) is 29.4 Å². The Morgan fingerprint density at radius 3 is 2.71 bits per heavy atom. The van der Waals surface area contributed by atoms with E-state index in [1.807, 2.05) is 0 Å². The Bertz CT molecular complexity index is 552. The molecule has 1 aliphatic carbocycles. The third kappa shape index (κ3) is 5.23. The lowest BCUT2D eigenvalue weighted by Gasteiger charge is -2.18. The maximum Gasteiger partial charge on any atom is 0.411 e. The largest absolute Gasteiger partial charge is 0.446 e. The molecule has 21 heavy (non-hydrogen) atoms. The molecule has 0 unspecified atom stereocenters. The van der Waals surface area contributed by atoms with Crippen LogP contribution < -0.4 is 11.1 Å². The summed E-state index contributed by atoms with van der Waals surface area (Å²) in [6.45, 7) is 0. The normalized spacial score (nSPS) is 19.3. The van der Waals surface area contributed by atoms with Gasteiger partial charge in [0, 0.05) is 17.3 Å². The summed E-state index contributed by atoms with van der Waals surface area (Å²) in [5, 5.41) is 2.74. The minimum Gasteiger partial charge on any atom is -0.446 e. The Balaban J connectivity index is 1.85. The summed E-state index contributed by atoms with van der Waals surface area (Å²) in [5.41, 5.74) is 6.65. The van der Waals surface area contributed by atoms with Crippen LogP contribution in [0, 0.1) is 12.0 Å². The first-order valence-electron chi connectivity index (χ1n) is 7.22. The van der Waals surface area contributed by atoms with Crippen LogP contribution in [-0.4, -0.2) is 12.2 Å². The van der Waals surface area contributed by atoms with Crippen molar-refractivity contribution < 1.29 is 9.53 Å². The van der Waals surface area contributed by atoms with Crippen LogP contribution in [0.25, 0.3) is 0 Å². The fourth-order valence-corrected chi connectivity index (χ4v) is 2.26. The van der Waals surface area contributed by atoms with Gasteiger partial charge in [-0.25, -0.2) is 4.79 Å². The Hall–Kier alpha value is -2.41.